The minimum atomic E-state index is 0.0459. The lowest BCUT2D eigenvalue weighted by molar-refractivity contribution is -0.119. The number of rotatable bonds is 10. The number of hydrogen-bond donors (Lipinski definition) is 1. The molecule has 8 heteroatoms. The first-order valence-corrected chi connectivity index (χ1v) is 12.2. The fourth-order valence-corrected chi connectivity index (χ4v) is 4.92. The Kier molecular flexibility index (Phi) is 8.63. The SMILES string of the molecule is CCC(CC)NC(=O)CSc1nnc(-c2ccc(OC)c(OC)c2)n1C1CCCCC1. The topological polar surface area (TPSA) is 78.3 Å². The van der Waals surface area contributed by atoms with Crippen molar-refractivity contribution in [2.45, 2.75) is 76.0 Å². The first kappa shape index (κ1) is 23.4. The lowest BCUT2D eigenvalue weighted by atomic mass is 9.95. The molecule has 2 aromatic rings. The summed E-state index contributed by atoms with van der Waals surface area (Å²) in [7, 11) is 3.26. The summed E-state index contributed by atoms with van der Waals surface area (Å²) in [5.41, 5.74) is 0.934. The number of ether oxygens (including phenoxy) is 2. The van der Waals surface area contributed by atoms with Gasteiger partial charge in [-0.25, -0.2) is 0 Å². The second-order valence-corrected chi connectivity index (χ2v) is 8.85. The zero-order chi connectivity index (χ0) is 22.2. The molecular weight excluding hydrogens is 412 g/mol. The highest BCUT2D eigenvalue weighted by Gasteiger charge is 2.25. The third-order valence-electron chi connectivity index (χ3n) is 5.93. The molecule has 1 aromatic carbocycles. The van der Waals surface area contributed by atoms with E-state index >= 15 is 0 Å². The molecule has 1 aromatic heterocycles. The Bertz CT molecular complexity index is 861. The van der Waals surface area contributed by atoms with Crippen molar-refractivity contribution < 1.29 is 14.3 Å². The van der Waals surface area contributed by atoms with Crippen LogP contribution in [0, 0.1) is 0 Å². The molecule has 3 rings (SSSR count). The van der Waals surface area contributed by atoms with E-state index in [1.54, 1.807) is 14.2 Å². The number of carbonyl (C=O) groups excluding carboxylic acids is 1. The summed E-state index contributed by atoms with van der Waals surface area (Å²) in [6.07, 6.45) is 7.76. The predicted octanol–water partition coefficient (Wildman–Crippen LogP) is 4.86. The molecule has 31 heavy (non-hydrogen) atoms. The van der Waals surface area contributed by atoms with Crippen molar-refractivity contribution in [3.8, 4) is 22.9 Å². The molecule has 0 bridgehead atoms. The summed E-state index contributed by atoms with van der Waals surface area (Å²) in [6.45, 7) is 4.19. The van der Waals surface area contributed by atoms with Gasteiger partial charge in [-0.1, -0.05) is 44.9 Å². The number of nitrogens with zero attached hydrogens (tertiary/aromatic N) is 3. The fourth-order valence-electron chi connectivity index (χ4n) is 4.11. The molecule has 1 fully saturated rings. The van der Waals surface area contributed by atoms with Gasteiger partial charge < -0.3 is 14.8 Å². The Hall–Kier alpha value is -2.22. The van der Waals surface area contributed by atoms with Crippen molar-refractivity contribution in [1.29, 1.82) is 0 Å². The van der Waals surface area contributed by atoms with Crippen LogP contribution in [0.15, 0.2) is 23.4 Å². The minimum absolute atomic E-state index is 0.0459. The maximum absolute atomic E-state index is 12.4. The molecule has 1 saturated carbocycles. The van der Waals surface area contributed by atoms with Gasteiger partial charge in [0.25, 0.3) is 0 Å². The number of amides is 1. The average molecular weight is 447 g/mol. The number of thioether (sulfide) groups is 1. The molecule has 0 spiro atoms. The van der Waals surface area contributed by atoms with Crippen LogP contribution in [0.4, 0.5) is 0 Å². The Balaban J connectivity index is 1.87. The van der Waals surface area contributed by atoms with Gasteiger partial charge in [-0.2, -0.15) is 0 Å². The van der Waals surface area contributed by atoms with Crippen LogP contribution in [-0.4, -0.2) is 46.7 Å². The minimum Gasteiger partial charge on any atom is -0.493 e. The standard InChI is InChI=1S/C23H34N4O3S/c1-5-17(6-2)24-21(28)15-31-23-26-25-22(27(23)18-10-8-7-9-11-18)16-12-13-19(29-3)20(14-16)30-4/h12-14,17-18H,5-11,15H2,1-4H3,(H,24,28). The van der Waals surface area contributed by atoms with Gasteiger partial charge in [0.2, 0.25) is 5.91 Å². The van der Waals surface area contributed by atoms with E-state index in [2.05, 4.69) is 33.9 Å². The van der Waals surface area contributed by atoms with Crippen LogP contribution < -0.4 is 14.8 Å². The first-order valence-electron chi connectivity index (χ1n) is 11.2. The summed E-state index contributed by atoms with van der Waals surface area (Å²) in [4.78, 5) is 12.4. The zero-order valence-corrected chi connectivity index (χ0v) is 19.8. The number of nitrogens with one attached hydrogen (secondary N) is 1. The van der Waals surface area contributed by atoms with Gasteiger partial charge in [0.05, 0.1) is 20.0 Å². The molecule has 0 aliphatic heterocycles. The second kappa shape index (κ2) is 11.4. The molecule has 170 valence electrons. The van der Waals surface area contributed by atoms with Crippen LogP contribution in [0.25, 0.3) is 11.4 Å². The van der Waals surface area contributed by atoms with Gasteiger partial charge in [-0.15, -0.1) is 10.2 Å². The normalized spacial score (nSPS) is 14.6. The van der Waals surface area contributed by atoms with Crippen LogP contribution in [0.3, 0.4) is 0 Å². The van der Waals surface area contributed by atoms with Crippen molar-refractivity contribution in [2.75, 3.05) is 20.0 Å². The molecular formula is C23H34N4O3S. The summed E-state index contributed by atoms with van der Waals surface area (Å²) in [6, 6.07) is 6.39. The molecule has 7 nitrogen and oxygen atoms in total. The van der Waals surface area contributed by atoms with Crippen molar-refractivity contribution in [3.05, 3.63) is 18.2 Å². The van der Waals surface area contributed by atoms with E-state index in [0.29, 0.717) is 23.3 Å². The molecule has 1 N–H and O–H groups in total. The summed E-state index contributed by atoms with van der Waals surface area (Å²) in [5.74, 6) is 2.55. The van der Waals surface area contributed by atoms with Crippen molar-refractivity contribution in [1.82, 2.24) is 20.1 Å². The van der Waals surface area contributed by atoms with Gasteiger partial charge in [0.15, 0.2) is 22.5 Å². The monoisotopic (exact) mass is 446 g/mol. The third kappa shape index (κ3) is 5.73. The molecule has 1 aliphatic carbocycles. The van der Waals surface area contributed by atoms with Gasteiger partial charge in [-0.05, 0) is 43.9 Å². The smallest absolute Gasteiger partial charge is 0.230 e. The van der Waals surface area contributed by atoms with E-state index in [-0.39, 0.29) is 11.9 Å². The molecule has 1 aliphatic rings. The first-order chi connectivity index (χ1) is 15.1. The van der Waals surface area contributed by atoms with E-state index in [0.717, 1.165) is 42.2 Å². The van der Waals surface area contributed by atoms with Crippen LogP contribution >= 0.6 is 11.8 Å². The highest BCUT2D eigenvalue weighted by molar-refractivity contribution is 7.99. The number of carbonyl (C=O) groups is 1. The van der Waals surface area contributed by atoms with Gasteiger partial charge in [-0.3, -0.25) is 9.36 Å². The third-order valence-corrected chi connectivity index (χ3v) is 6.87. The summed E-state index contributed by atoms with van der Waals surface area (Å²) < 4.78 is 13.1. The van der Waals surface area contributed by atoms with Crippen LogP contribution in [-0.2, 0) is 4.79 Å². The van der Waals surface area contributed by atoms with Gasteiger partial charge in [0.1, 0.15) is 0 Å². The van der Waals surface area contributed by atoms with Crippen LogP contribution in [0.5, 0.6) is 11.5 Å². The van der Waals surface area contributed by atoms with E-state index in [1.165, 1.54) is 31.0 Å². The quantitative estimate of drug-likeness (QED) is 0.525. The number of benzene rings is 1. The van der Waals surface area contributed by atoms with E-state index < -0.39 is 0 Å². The number of hydrogen-bond acceptors (Lipinski definition) is 6. The summed E-state index contributed by atoms with van der Waals surface area (Å²) in [5, 5.41) is 12.9. The Morgan fingerprint density at radius 3 is 2.48 bits per heavy atom. The van der Waals surface area contributed by atoms with Gasteiger partial charge >= 0.3 is 0 Å². The van der Waals surface area contributed by atoms with E-state index in [4.69, 9.17) is 9.47 Å². The molecule has 0 radical (unpaired) electrons. The van der Waals surface area contributed by atoms with Gasteiger partial charge in [0, 0.05) is 17.6 Å². The number of methoxy groups -OCH3 is 2. The molecule has 0 unspecified atom stereocenters. The number of aromatic nitrogens is 3. The van der Waals surface area contributed by atoms with E-state index in [9.17, 15) is 4.79 Å². The van der Waals surface area contributed by atoms with Crippen molar-refractivity contribution in [3.63, 3.8) is 0 Å². The Morgan fingerprint density at radius 2 is 1.84 bits per heavy atom. The predicted molar refractivity (Wildman–Crippen MR) is 124 cm³/mol. The van der Waals surface area contributed by atoms with Crippen molar-refractivity contribution >= 4 is 17.7 Å². The second-order valence-electron chi connectivity index (χ2n) is 7.91. The fraction of sp³-hybridized carbons (Fsp3) is 0.609. The molecule has 1 amide bonds. The highest BCUT2D eigenvalue weighted by atomic mass is 32.2. The zero-order valence-electron chi connectivity index (χ0n) is 19.0. The molecule has 0 saturated heterocycles. The maximum atomic E-state index is 12.4. The average Bonchev–Trinajstić information content (AvgIpc) is 3.25. The molecule has 0 atom stereocenters. The van der Waals surface area contributed by atoms with E-state index in [1.807, 2.05) is 18.2 Å². The Labute approximate surface area is 189 Å². The highest BCUT2D eigenvalue weighted by Crippen LogP contribution is 2.38. The summed E-state index contributed by atoms with van der Waals surface area (Å²) >= 11 is 1.47. The Morgan fingerprint density at radius 1 is 1.13 bits per heavy atom. The van der Waals surface area contributed by atoms with Crippen LogP contribution in [0.2, 0.25) is 0 Å². The van der Waals surface area contributed by atoms with Crippen LogP contribution in [0.1, 0.15) is 64.8 Å². The molecule has 1 heterocycles. The van der Waals surface area contributed by atoms with Crippen molar-refractivity contribution in [2.24, 2.45) is 0 Å². The largest absolute Gasteiger partial charge is 0.493 e. The lowest BCUT2D eigenvalue weighted by Gasteiger charge is -2.25. The lowest BCUT2D eigenvalue weighted by Crippen LogP contribution is -2.35. The maximum Gasteiger partial charge on any atom is 0.230 e.